The highest BCUT2D eigenvalue weighted by atomic mass is 16.4. The third-order valence-corrected chi connectivity index (χ3v) is 4.99. The van der Waals surface area contributed by atoms with Gasteiger partial charge in [0, 0.05) is 6.42 Å². The fraction of sp³-hybridized carbons (Fsp3) is 0.500. The molecule has 0 saturated carbocycles. The van der Waals surface area contributed by atoms with E-state index in [0.717, 1.165) is 0 Å². The van der Waals surface area contributed by atoms with Crippen molar-refractivity contribution in [2.45, 2.75) is 63.2 Å². The Morgan fingerprint density at radius 3 is 2.06 bits per heavy atom. The van der Waals surface area contributed by atoms with Gasteiger partial charge in [-0.05, 0) is 31.9 Å². The topological polar surface area (TPSA) is 220 Å². The molecule has 4 unspecified atom stereocenters. The highest BCUT2D eigenvalue weighted by Gasteiger charge is 2.30. The smallest absolute Gasteiger partial charge is 0.325 e. The predicted octanol–water partition coefficient (Wildman–Crippen LogP) is -1.88. The van der Waals surface area contributed by atoms with Crippen molar-refractivity contribution in [2.75, 3.05) is 6.54 Å². The van der Waals surface area contributed by atoms with Crippen molar-refractivity contribution < 1.29 is 29.1 Å². The van der Waals surface area contributed by atoms with Crippen molar-refractivity contribution in [1.82, 2.24) is 16.0 Å². The molecular weight excluding hydrogens is 444 g/mol. The molecule has 10 N–H and O–H groups in total. The van der Waals surface area contributed by atoms with Gasteiger partial charge in [0.1, 0.15) is 18.1 Å². The zero-order valence-electron chi connectivity index (χ0n) is 19.2. The van der Waals surface area contributed by atoms with Crippen LogP contribution in [0.2, 0.25) is 0 Å². The minimum Gasteiger partial charge on any atom is -0.480 e. The quantitative estimate of drug-likeness (QED) is 0.141. The number of rotatable bonds is 15. The second-order valence-electron chi connectivity index (χ2n) is 7.94. The minimum atomic E-state index is -1.37. The average molecular weight is 479 g/mol. The third-order valence-electron chi connectivity index (χ3n) is 4.99. The molecule has 0 heterocycles. The van der Waals surface area contributed by atoms with Crippen molar-refractivity contribution >= 4 is 29.6 Å². The lowest BCUT2D eigenvalue weighted by molar-refractivity contribution is -0.142. The summed E-state index contributed by atoms with van der Waals surface area (Å²) in [4.78, 5) is 60.7. The lowest BCUT2D eigenvalue weighted by Gasteiger charge is -2.24. The summed E-state index contributed by atoms with van der Waals surface area (Å²) in [5.74, 6) is -4.32. The number of hydrogen-bond acceptors (Lipinski definition) is 7. The Balaban J connectivity index is 2.99. The molecule has 0 fully saturated rings. The van der Waals surface area contributed by atoms with Crippen LogP contribution in [0.1, 0.15) is 38.2 Å². The molecule has 188 valence electrons. The van der Waals surface area contributed by atoms with Gasteiger partial charge in [0.05, 0.1) is 12.5 Å². The van der Waals surface area contributed by atoms with Crippen molar-refractivity contribution in [1.29, 1.82) is 0 Å². The molecule has 0 aliphatic carbocycles. The zero-order chi connectivity index (χ0) is 25.7. The van der Waals surface area contributed by atoms with Crippen LogP contribution in [0.15, 0.2) is 30.3 Å². The highest BCUT2D eigenvalue weighted by Crippen LogP contribution is 2.06. The fourth-order valence-electron chi connectivity index (χ4n) is 3.04. The van der Waals surface area contributed by atoms with E-state index in [9.17, 15) is 24.0 Å². The summed E-state index contributed by atoms with van der Waals surface area (Å²) < 4.78 is 0. The third kappa shape index (κ3) is 10.4. The SMILES string of the molecule is CC(NC(=O)C(Cc1ccccc1)NC(=O)C(CC(N)=O)NC(=O)C(N)CCCCN)C(=O)O. The Morgan fingerprint density at radius 2 is 1.50 bits per heavy atom. The second kappa shape index (κ2) is 14.6. The normalized spacial score (nSPS) is 14.2. The van der Waals surface area contributed by atoms with Crippen LogP contribution in [0.4, 0.5) is 0 Å². The van der Waals surface area contributed by atoms with Gasteiger partial charge in [-0.2, -0.15) is 0 Å². The van der Waals surface area contributed by atoms with Crippen molar-refractivity contribution in [3.63, 3.8) is 0 Å². The predicted molar refractivity (Wildman–Crippen MR) is 124 cm³/mol. The molecular formula is C22H34N6O6. The molecule has 1 rings (SSSR count). The summed E-state index contributed by atoms with van der Waals surface area (Å²) in [6, 6.07) is 4.06. The minimum absolute atomic E-state index is 0.0423. The number of nitrogens with one attached hydrogen (secondary N) is 3. The van der Waals surface area contributed by atoms with Gasteiger partial charge in [-0.15, -0.1) is 0 Å². The van der Waals surface area contributed by atoms with E-state index >= 15 is 0 Å². The number of aliphatic carboxylic acids is 1. The van der Waals surface area contributed by atoms with Gasteiger partial charge in [0.25, 0.3) is 0 Å². The molecule has 0 spiro atoms. The van der Waals surface area contributed by atoms with Crippen LogP contribution in [0.5, 0.6) is 0 Å². The van der Waals surface area contributed by atoms with Gasteiger partial charge < -0.3 is 38.3 Å². The lowest BCUT2D eigenvalue weighted by Crippen LogP contribution is -2.58. The van der Waals surface area contributed by atoms with Crippen molar-refractivity contribution in [2.24, 2.45) is 17.2 Å². The van der Waals surface area contributed by atoms with E-state index < -0.39 is 60.2 Å². The van der Waals surface area contributed by atoms with E-state index in [1.54, 1.807) is 30.3 Å². The molecule has 34 heavy (non-hydrogen) atoms. The summed E-state index contributed by atoms with van der Waals surface area (Å²) in [6.07, 6.45) is 1.15. The first-order chi connectivity index (χ1) is 16.0. The monoisotopic (exact) mass is 478 g/mol. The van der Waals surface area contributed by atoms with Gasteiger partial charge in [-0.3, -0.25) is 24.0 Å². The summed E-state index contributed by atoms with van der Waals surface area (Å²) >= 11 is 0. The largest absolute Gasteiger partial charge is 0.480 e. The van der Waals surface area contributed by atoms with Crippen LogP contribution in [0, 0.1) is 0 Å². The van der Waals surface area contributed by atoms with E-state index in [1.165, 1.54) is 6.92 Å². The molecule has 4 atom stereocenters. The van der Waals surface area contributed by atoms with Gasteiger partial charge in [-0.25, -0.2) is 0 Å². The van der Waals surface area contributed by atoms with Crippen molar-refractivity contribution in [3.05, 3.63) is 35.9 Å². The van der Waals surface area contributed by atoms with Gasteiger partial charge in [0.15, 0.2) is 0 Å². The van der Waals surface area contributed by atoms with Crippen LogP contribution >= 0.6 is 0 Å². The number of primary amides is 1. The van der Waals surface area contributed by atoms with Crippen LogP contribution < -0.4 is 33.2 Å². The molecule has 0 bridgehead atoms. The molecule has 4 amide bonds. The molecule has 12 heteroatoms. The van der Waals surface area contributed by atoms with Gasteiger partial charge in [0.2, 0.25) is 23.6 Å². The maximum absolute atomic E-state index is 12.9. The highest BCUT2D eigenvalue weighted by molar-refractivity contribution is 5.96. The molecule has 0 aliphatic rings. The number of carbonyl (C=O) groups excluding carboxylic acids is 4. The first kappa shape index (κ1) is 28.5. The number of benzene rings is 1. The standard InChI is InChI=1S/C22H34N6O6/c1-13(22(33)34)26-20(31)16(11-14-7-3-2-4-8-14)28-21(32)17(12-18(25)29)27-19(30)15(24)9-5-6-10-23/h2-4,7-8,13,15-17H,5-6,9-12,23-24H2,1H3,(H2,25,29)(H,26,31)(H,27,30)(H,28,32)(H,33,34). The molecule has 1 aromatic rings. The number of carbonyl (C=O) groups is 5. The Labute approximate surface area is 198 Å². The zero-order valence-corrected chi connectivity index (χ0v) is 19.2. The molecule has 0 saturated heterocycles. The summed E-state index contributed by atoms with van der Waals surface area (Å²) in [7, 11) is 0. The number of unbranched alkanes of at least 4 members (excludes halogenated alkanes) is 1. The van der Waals surface area contributed by atoms with E-state index in [2.05, 4.69) is 16.0 Å². The first-order valence-corrected chi connectivity index (χ1v) is 11.0. The number of carboxylic acids is 1. The Kier molecular flexibility index (Phi) is 12.2. The van der Waals surface area contributed by atoms with E-state index in [1.807, 2.05) is 0 Å². The molecule has 12 nitrogen and oxygen atoms in total. The maximum atomic E-state index is 12.9. The fourth-order valence-corrected chi connectivity index (χ4v) is 3.04. The van der Waals surface area contributed by atoms with Crippen LogP contribution in [0.3, 0.4) is 0 Å². The van der Waals surface area contributed by atoms with Gasteiger partial charge in [-0.1, -0.05) is 36.8 Å². The number of nitrogens with two attached hydrogens (primary N) is 3. The van der Waals surface area contributed by atoms with E-state index in [-0.39, 0.29) is 6.42 Å². The Hall–Kier alpha value is -3.51. The lowest BCUT2D eigenvalue weighted by atomic mass is 10.0. The van der Waals surface area contributed by atoms with E-state index in [0.29, 0.717) is 31.4 Å². The van der Waals surface area contributed by atoms with Crippen molar-refractivity contribution in [3.8, 4) is 0 Å². The van der Waals surface area contributed by atoms with Crippen LogP contribution in [0.25, 0.3) is 0 Å². The summed E-state index contributed by atoms with van der Waals surface area (Å²) in [5, 5.41) is 16.3. The number of amides is 4. The molecule has 0 radical (unpaired) electrons. The molecule has 0 aromatic heterocycles. The Morgan fingerprint density at radius 1 is 0.912 bits per heavy atom. The maximum Gasteiger partial charge on any atom is 0.325 e. The van der Waals surface area contributed by atoms with Crippen LogP contribution in [-0.4, -0.2) is 65.4 Å². The average Bonchev–Trinajstić information content (AvgIpc) is 2.78. The summed E-state index contributed by atoms with van der Waals surface area (Å²) in [5.41, 5.74) is 17.2. The van der Waals surface area contributed by atoms with Crippen LogP contribution in [-0.2, 0) is 30.4 Å². The first-order valence-electron chi connectivity index (χ1n) is 11.0. The second-order valence-corrected chi connectivity index (χ2v) is 7.94. The Bertz CT molecular complexity index is 850. The number of carboxylic acid groups (broad SMARTS) is 1. The number of hydrogen-bond donors (Lipinski definition) is 7. The summed E-state index contributed by atoms with van der Waals surface area (Å²) in [6.45, 7) is 1.73. The molecule has 1 aromatic carbocycles. The van der Waals surface area contributed by atoms with E-state index in [4.69, 9.17) is 22.3 Å². The molecule has 0 aliphatic heterocycles. The van der Waals surface area contributed by atoms with Gasteiger partial charge >= 0.3 is 5.97 Å².